The van der Waals surface area contributed by atoms with Crippen LogP contribution in [0.25, 0.3) is 0 Å². The summed E-state index contributed by atoms with van der Waals surface area (Å²) in [5.74, 6) is -1.29. The van der Waals surface area contributed by atoms with Crippen LogP contribution >= 0.6 is 0 Å². The Morgan fingerprint density at radius 3 is 2.71 bits per heavy atom. The number of amides is 2. The molecule has 0 spiro atoms. The van der Waals surface area contributed by atoms with Crippen LogP contribution in [0.15, 0.2) is 24.7 Å². The third-order valence-electron chi connectivity index (χ3n) is 7.94. The van der Waals surface area contributed by atoms with Crippen molar-refractivity contribution < 1.29 is 23.5 Å². The first kappa shape index (κ1) is 28.2. The van der Waals surface area contributed by atoms with E-state index in [2.05, 4.69) is 20.9 Å². The molecule has 2 aliphatic rings. The van der Waals surface area contributed by atoms with Gasteiger partial charge in [0.1, 0.15) is 17.2 Å². The lowest BCUT2D eigenvalue weighted by atomic mass is 9.87. The van der Waals surface area contributed by atoms with Gasteiger partial charge in [-0.1, -0.05) is 26.2 Å². The summed E-state index contributed by atoms with van der Waals surface area (Å²) in [5, 5.41) is 19.6. The molecule has 1 fully saturated rings. The molecular weight excluding hydrogens is 492 g/mol. The largest absolute Gasteiger partial charge is 0.388 e. The summed E-state index contributed by atoms with van der Waals surface area (Å²) in [6.07, 6.45) is 9.36. The Kier molecular flexibility index (Phi) is 8.52. The summed E-state index contributed by atoms with van der Waals surface area (Å²) in [5.41, 5.74) is -0.633. The van der Waals surface area contributed by atoms with Crippen molar-refractivity contribution in [2.45, 2.75) is 102 Å². The Balaban J connectivity index is 1.36. The maximum atomic E-state index is 14.3. The molecule has 4 rings (SSSR count). The molecule has 2 atom stereocenters. The van der Waals surface area contributed by atoms with Gasteiger partial charge in [-0.05, 0) is 69.6 Å². The van der Waals surface area contributed by atoms with Crippen LogP contribution in [0.2, 0.25) is 0 Å². The van der Waals surface area contributed by atoms with Gasteiger partial charge >= 0.3 is 0 Å². The number of aliphatic hydroxyl groups is 1. The number of imidazole rings is 1. The fourth-order valence-corrected chi connectivity index (χ4v) is 5.49. The molecule has 1 aromatic carbocycles. The zero-order valence-corrected chi connectivity index (χ0v) is 22.4. The summed E-state index contributed by atoms with van der Waals surface area (Å²) in [6, 6.07) is 1.68. The lowest BCUT2D eigenvalue weighted by Gasteiger charge is -2.29. The topological polar surface area (TPSA) is 108 Å². The molecule has 0 radical (unpaired) electrons. The van der Waals surface area contributed by atoms with Crippen molar-refractivity contribution >= 4 is 17.6 Å². The fraction of sp³-hybridized carbons (Fsp3) is 0.607. The second-order valence-corrected chi connectivity index (χ2v) is 11.3. The van der Waals surface area contributed by atoms with Crippen LogP contribution in [-0.4, -0.2) is 50.7 Å². The van der Waals surface area contributed by atoms with Crippen molar-refractivity contribution in [3.8, 4) is 0 Å². The second-order valence-electron chi connectivity index (χ2n) is 11.3. The molecule has 8 nitrogen and oxygen atoms in total. The van der Waals surface area contributed by atoms with E-state index in [1.165, 1.54) is 12.4 Å². The van der Waals surface area contributed by atoms with E-state index in [9.17, 15) is 23.5 Å². The van der Waals surface area contributed by atoms with Gasteiger partial charge in [-0.3, -0.25) is 9.59 Å². The summed E-state index contributed by atoms with van der Waals surface area (Å²) < 4.78 is 29.5. The minimum Gasteiger partial charge on any atom is -0.388 e. The smallest absolute Gasteiger partial charge is 0.245 e. The van der Waals surface area contributed by atoms with E-state index in [-0.39, 0.29) is 24.4 Å². The average Bonchev–Trinajstić information content (AvgIpc) is 3.52. The molecule has 1 aromatic heterocycles. The van der Waals surface area contributed by atoms with Crippen molar-refractivity contribution in [1.82, 2.24) is 20.2 Å². The van der Waals surface area contributed by atoms with E-state index < -0.39 is 28.8 Å². The summed E-state index contributed by atoms with van der Waals surface area (Å²) in [4.78, 5) is 30.4. The van der Waals surface area contributed by atoms with E-state index in [0.717, 1.165) is 25.3 Å². The zero-order valence-electron chi connectivity index (χ0n) is 22.4. The maximum absolute atomic E-state index is 14.3. The highest BCUT2D eigenvalue weighted by Gasteiger charge is 2.35. The van der Waals surface area contributed by atoms with Crippen LogP contribution in [0.4, 0.5) is 14.6 Å². The molecule has 38 heavy (non-hydrogen) atoms. The molecule has 1 saturated carbocycles. The number of benzene rings is 1. The lowest BCUT2D eigenvalue weighted by Crippen LogP contribution is -2.49. The number of anilines is 1. The van der Waals surface area contributed by atoms with Gasteiger partial charge in [0.2, 0.25) is 11.8 Å². The normalized spacial score (nSPS) is 19.6. The monoisotopic (exact) mass is 531 g/mol. The molecule has 0 saturated heterocycles. The van der Waals surface area contributed by atoms with E-state index in [1.807, 2.05) is 6.92 Å². The summed E-state index contributed by atoms with van der Waals surface area (Å²) in [7, 11) is 0. The first-order valence-corrected chi connectivity index (χ1v) is 13.6. The Morgan fingerprint density at radius 2 is 2.00 bits per heavy atom. The Hall–Kier alpha value is -2.85. The van der Waals surface area contributed by atoms with Gasteiger partial charge in [0, 0.05) is 24.8 Å². The number of hydrogen-bond donors (Lipinski definition) is 4. The molecular formula is C28H39F2N5O3. The molecule has 10 heteroatoms. The van der Waals surface area contributed by atoms with Gasteiger partial charge in [-0.15, -0.1) is 0 Å². The number of rotatable bonds is 10. The van der Waals surface area contributed by atoms with Gasteiger partial charge in [0.05, 0.1) is 18.0 Å². The number of fused-ring (bicyclic) bond motifs is 1. The van der Waals surface area contributed by atoms with Gasteiger partial charge in [0.15, 0.2) is 5.82 Å². The van der Waals surface area contributed by atoms with Crippen LogP contribution in [0.1, 0.15) is 76.8 Å². The molecule has 208 valence electrons. The Morgan fingerprint density at radius 1 is 1.26 bits per heavy atom. The maximum Gasteiger partial charge on any atom is 0.245 e. The molecule has 0 aliphatic heterocycles. The minimum atomic E-state index is -0.981. The van der Waals surface area contributed by atoms with Gasteiger partial charge in [-0.2, -0.15) is 0 Å². The number of aromatic nitrogens is 2. The summed E-state index contributed by atoms with van der Waals surface area (Å²) in [6.45, 7) is 5.70. The van der Waals surface area contributed by atoms with Crippen molar-refractivity contribution in [3.05, 3.63) is 47.4 Å². The summed E-state index contributed by atoms with van der Waals surface area (Å²) >= 11 is 0. The van der Waals surface area contributed by atoms with Crippen LogP contribution in [0, 0.1) is 11.6 Å². The number of halogens is 2. The Labute approximate surface area is 222 Å². The van der Waals surface area contributed by atoms with Crippen molar-refractivity contribution in [2.75, 3.05) is 11.9 Å². The van der Waals surface area contributed by atoms with Crippen molar-refractivity contribution in [2.24, 2.45) is 0 Å². The second kappa shape index (κ2) is 11.5. The molecule has 1 heterocycles. The van der Waals surface area contributed by atoms with E-state index in [1.54, 1.807) is 24.6 Å². The molecule has 0 bridgehead atoms. The zero-order chi connectivity index (χ0) is 27.5. The SMILES string of the molecule is CCC[C@H](N[C@H]1CCc2cc(F)cc(F)c2C1)C(=O)Nc1cn(C(C)(C)C(=O)NCC2(O)CCCC2)cn1. The lowest BCUT2D eigenvalue weighted by molar-refractivity contribution is -0.129. The number of aryl methyl sites for hydroxylation is 1. The van der Waals surface area contributed by atoms with Crippen molar-refractivity contribution in [1.29, 1.82) is 0 Å². The minimum absolute atomic E-state index is 0.111. The first-order valence-electron chi connectivity index (χ1n) is 13.6. The van der Waals surface area contributed by atoms with E-state index >= 15 is 0 Å². The molecule has 2 amide bonds. The number of hydrogen-bond acceptors (Lipinski definition) is 5. The molecule has 4 N–H and O–H groups in total. The highest BCUT2D eigenvalue weighted by Crippen LogP contribution is 2.29. The average molecular weight is 532 g/mol. The molecule has 2 aliphatic carbocycles. The van der Waals surface area contributed by atoms with Gasteiger partial charge < -0.3 is 25.6 Å². The van der Waals surface area contributed by atoms with Crippen LogP contribution in [0.3, 0.4) is 0 Å². The van der Waals surface area contributed by atoms with Crippen LogP contribution in [0.5, 0.6) is 0 Å². The number of nitrogens with zero attached hydrogens (tertiary/aromatic N) is 2. The van der Waals surface area contributed by atoms with Gasteiger partial charge in [0.25, 0.3) is 0 Å². The third-order valence-corrected chi connectivity index (χ3v) is 7.94. The molecule has 0 unspecified atom stereocenters. The first-order chi connectivity index (χ1) is 18.0. The van der Waals surface area contributed by atoms with E-state index in [4.69, 9.17) is 0 Å². The predicted octanol–water partition coefficient (Wildman–Crippen LogP) is 3.57. The standard InChI is InChI=1S/C28H39F2N5O3/c1-4-7-23(33-20-9-8-18-12-19(29)13-22(30)21(18)14-20)25(36)34-24-15-35(17-32-24)27(2,3)26(37)31-16-28(38)10-5-6-11-28/h12-13,15,17,20,23,33,38H,4-11,14,16H2,1-3H3,(H,31,37)(H,34,36)/t20-,23-/m0/s1. The molecule has 2 aromatic rings. The van der Waals surface area contributed by atoms with Crippen molar-refractivity contribution in [3.63, 3.8) is 0 Å². The predicted molar refractivity (Wildman–Crippen MR) is 141 cm³/mol. The van der Waals surface area contributed by atoms with E-state index in [0.29, 0.717) is 55.5 Å². The quantitative estimate of drug-likeness (QED) is 0.375. The Bertz CT molecular complexity index is 1160. The highest BCUT2D eigenvalue weighted by atomic mass is 19.1. The number of carbonyl (C=O) groups is 2. The van der Waals surface area contributed by atoms with Gasteiger partial charge in [-0.25, -0.2) is 13.8 Å². The number of nitrogens with one attached hydrogen (secondary N) is 3. The highest BCUT2D eigenvalue weighted by molar-refractivity contribution is 5.94. The fourth-order valence-electron chi connectivity index (χ4n) is 5.49. The van der Waals surface area contributed by atoms with Crippen LogP contribution < -0.4 is 16.0 Å². The number of carbonyl (C=O) groups excluding carboxylic acids is 2. The third kappa shape index (κ3) is 6.40. The van der Waals surface area contributed by atoms with Crippen LogP contribution in [-0.2, 0) is 28.0 Å².